The SMILES string of the molecule is CC(C)Sc1nc2c(c(=O)[nH]1)[C@@H](c1ccccc1)C1=C(CCCC1=O)N2. The number of carbonyl (C=O) groups is 1. The number of hydrogen-bond acceptors (Lipinski definition) is 5. The van der Waals surface area contributed by atoms with Crippen LogP contribution in [0.1, 0.15) is 50.2 Å². The maximum Gasteiger partial charge on any atom is 0.257 e. The first kappa shape index (κ1) is 17.1. The average Bonchev–Trinajstić information content (AvgIpc) is 2.60. The summed E-state index contributed by atoms with van der Waals surface area (Å²) in [5.41, 5.74) is 2.96. The van der Waals surface area contributed by atoms with E-state index in [2.05, 4.69) is 29.1 Å². The number of allylic oxidation sites excluding steroid dienone is 2. The van der Waals surface area contributed by atoms with E-state index in [0.717, 1.165) is 29.7 Å². The van der Waals surface area contributed by atoms with E-state index in [1.165, 1.54) is 11.8 Å². The fraction of sp³-hybridized carbons (Fsp3) is 0.350. The highest BCUT2D eigenvalue weighted by Gasteiger charge is 2.37. The molecule has 2 N–H and O–H groups in total. The van der Waals surface area contributed by atoms with Crippen molar-refractivity contribution in [3.05, 3.63) is 63.1 Å². The second-order valence-corrected chi connectivity index (χ2v) is 8.50. The third kappa shape index (κ3) is 2.98. The third-order valence-electron chi connectivity index (χ3n) is 4.72. The predicted octanol–water partition coefficient (Wildman–Crippen LogP) is 3.83. The lowest BCUT2D eigenvalue weighted by atomic mass is 9.76. The summed E-state index contributed by atoms with van der Waals surface area (Å²) < 4.78 is 0. The van der Waals surface area contributed by atoms with Crippen LogP contribution >= 0.6 is 11.8 Å². The Hall–Kier alpha value is -2.34. The number of H-pyrrole nitrogens is 1. The van der Waals surface area contributed by atoms with Crippen LogP contribution in [-0.4, -0.2) is 21.0 Å². The molecule has 6 heteroatoms. The molecule has 1 aliphatic heterocycles. The second-order valence-electron chi connectivity index (χ2n) is 6.94. The van der Waals surface area contributed by atoms with E-state index >= 15 is 0 Å². The van der Waals surface area contributed by atoms with Gasteiger partial charge in [0.1, 0.15) is 5.82 Å². The molecular weight excluding hydrogens is 346 g/mol. The number of fused-ring (bicyclic) bond motifs is 1. The molecule has 0 radical (unpaired) electrons. The zero-order chi connectivity index (χ0) is 18.3. The first-order chi connectivity index (χ1) is 12.5. The van der Waals surface area contributed by atoms with Crippen LogP contribution < -0.4 is 10.9 Å². The molecule has 2 aliphatic rings. The number of nitrogens with one attached hydrogen (secondary N) is 2. The van der Waals surface area contributed by atoms with Gasteiger partial charge in [-0.3, -0.25) is 9.59 Å². The minimum atomic E-state index is -0.357. The molecule has 1 aliphatic carbocycles. The van der Waals surface area contributed by atoms with E-state index in [1.807, 2.05) is 30.3 Å². The van der Waals surface area contributed by atoms with Gasteiger partial charge in [-0.2, -0.15) is 0 Å². The molecule has 1 atom stereocenters. The van der Waals surface area contributed by atoms with Crippen molar-refractivity contribution in [2.24, 2.45) is 0 Å². The van der Waals surface area contributed by atoms with Crippen molar-refractivity contribution < 1.29 is 4.79 Å². The fourth-order valence-corrected chi connectivity index (χ4v) is 4.44. The van der Waals surface area contributed by atoms with Gasteiger partial charge in [0.2, 0.25) is 0 Å². The van der Waals surface area contributed by atoms with Crippen molar-refractivity contribution in [2.75, 3.05) is 5.32 Å². The van der Waals surface area contributed by atoms with Crippen LogP contribution in [0.4, 0.5) is 5.82 Å². The van der Waals surface area contributed by atoms with E-state index in [1.54, 1.807) is 0 Å². The number of thioether (sulfide) groups is 1. The van der Waals surface area contributed by atoms with E-state index in [9.17, 15) is 9.59 Å². The Bertz CT molecular complexity index is 947. The Morgan fingerprint density at radius 1 is 1.15 bits per heavy atom. The van der Waals surface area contributed by atoms with Gasteiger partial charge in [0, 0.05) is 28.9 Å². The molecular formula is C20H21N3O2S. The summed E-state index contributed by atoms with van der Waals surface area (Å²) in [5, 5.41) is 4.22. The molecule has 0 fully saturated rings. The molecule has 1 aromatic heterocycles. The van der Waals surface area contributed by atoms with E-state index < -0.39 is 0 Å². The molecule has 4 rings (SSSR count). The van der Waals surface area contributed by atoms with Crippen LogP contribution in [0.3, 0.4) is 0 Å². The van der Waals surface area contributed by atoms with Gasteiger partial charge in [0.05, 0.1) is 5.56 Å². The molecule has 26 heavy (non-hydrogen) atoms. The molecule has 0 unspecified atom stereocenters. The van der Waals surface area contributed by atoms with Gasteiger partial charge in [-0.1, -0.05) is 55.9 Å². The first-order valence-electron chi connectivity index (χ1n) is 8.93. The van der Waals surface area contributed by atoms with Gasteiger partial charge in [0.15, 0.2) is 10.9 Å². The van der Waals surface area contributed by atoms with E-state index in [0.29, 0.717) is 28.2 Å². The van der Waals surface area contributed by atoms with Gasteiger partial charge in [0.25, 0.3) is 5.56 Å². The Kier molecular flexibility index (Phi) is 4.44. The van der Waals surface area contributed by atoms with Crippen molar-refractivity contribution in [2.45, 2.75) is 49.4 Å². The fourth-order valence-electron chi connectivity index (χ4n) is 3.70. The number of rotatable bonds is 3. The van der Waals surface area contributed by atoms with Crippen LogP contribution in [0.25, 0.3) is 0 Å². The number of carbonyl (C=O) groups excluding carboxylic acids is 1. The molecule has 0 amide bonds. The minimum absolute atomic E-state index is 0.123. The summed E-state index contributed by atoms with van der Waals surface area (Å²) in [5.74, 6) is 0.349. The summed E-state index contributed by atoms with van der Waals surface area (Å²) >= 11 is 1.52. The van der Waals surface area contributed by atoms with Crippen LogP contribution in [0.2, 0.25) is 0 Å². The standard InChI is InChI=1S/C20H21N3O2S/c1-11(2)26-20-22-18-17(19(25)23-20)15(12-7-4-3-5-8-12)16-13(21-18)9-6-10-14(16)24/h3-5,7-8,11,15H,6,9-10H2,1-2H3,(H2,21,22,23,25)/t15-/m0/s1. The number of aromatic amines is 1. The maximum absolute atomic E-state index is 12.9. The highest BCUT2D eigenvalue weighted by atomic mass is 32.2. The summed E-state index contributed by atoms with van der Waals surface area (Å²) in [7, 11) is 0. The van der Waals surface area contributed by atoms with Crippen LogP contribution in [-0.2, 0) is 4.79 Å². The van der Waals surface area contributed by atoms with E-state index in [-0.39, 0.29) is 17.3 Å². The lowest BCUT2D eigenvalue weighted by molar-refractivity contribution is -0.116. The Balaban J connectivity index is 1.92. The first-order valence-corrected chi connectivity index (χ1v) is 9.81. The molecule has 2 aromatic rings. The normalized spacial score (nSPS) is 19.2. The molecule has 1 aromatic carbocycles. The van der Waals surface area contributed by atoms with Crippen LogP contribution in [0.5, 0.6) is 0 Å². The third-order valence-corrected chi connectivity index (χ3v) is 5.60. The van der Waals surface area contributed by atoms with Crippen molar-refractivity contribution in [3.8, 4) is 0 Å². The Morgan fingerprint density at radius 2 is 1.92 bits per heavy atom. The summed E-state index contributed by atoms with van der Waals surface area (Å²) in [6.45, 7) is 4.12. The number of benzene rings is 1. The Morgan fingerprint density at radius 3 is 2.65 bits per heavy atom. The Labute approximate surface area is 156 Å². The monoisotopic (exact) mass is 367 g/mol. The number of ketones is 1. The zero-order valence-corrected chi connectivity index (χ0v) is 15.7. The number of aromatic nitrogens is 2. The number of hydrogen-bond donors (Lipinski definition) is 2. The predicted molar refractivity (Wildman–Crippen MR) is 104 cm³/mol. The lowest BCUT2D eigenvalue weighted by Gasteiger charge is -2.32. The average molecular weight is 367 g/mol. The van der Waals surface area contributed by atoms with E-state index in [4.69, 9.17) is 0 Å². The highest BCUT2D eigenvalue weighted by Crippen LogP contribution is 2.43. The van der Waals surface area contributed by atoms with Crippen molar-refractivity contribution in [1.82, 2.24) is 9.97 Å². The number of Topliss-reactive ketones (excluding diaryl/α,β-unsaturated/α-hetero) is 1. The molecule has 134 valence electrons. The van der Waals surface area contributed by atoms with Crippen molar-refractivity contribution in [1.29, 1.82) is 0 Å². The van der Waals surface area contributed by atoms with Gasteiger partial charge in [-0.05, 0) is 18.4 Å². The molecule has 5 nitrogen and oxygen atoms in total. The van der Waals surface area contributed by atoms with Gasteiger partial charge < -0.3 is 10.3 Å². The largest absolute Gasteiger partial charge is 0.343 e. The zero-order valence-electron chi connectivity index (χ0n) is 14.8. The molecule has 0 spiro atoms. The van der Waals surface area contributed by atoms with Crippen LogP contribution in [0.15, 0.2) is 51.6 Å². The summed E-state index contributed by atoms with van der Waals surface area (Å²) in [4.78, 5) is 33.2. The molecule has 2 heterocycles. The number of anilines is 1. The number of nitrogens with zero attached hydrogens (tertiary/aromatic N) is 1. The van der Waals surface area contributed by atoms with Gasteiger partial charge in [-0.15, -0.1) is 0 Å². The smallest absolute Gasteiger partial charge is 0.257 e. The lowest BCUT2D eigenvalue weighted by Crippen LogP contribution is -2.32. The second kappa shape index (κ2) is 6.76. The van der Waals surface area contributed by atoms with Gasteiger partial charge in [-0.25, -0.2) is 4.98 Å². The summed E-state index contributed by atoms with van der Waals surface area (Å²) in [6, 6.07) is 9.77. The van der Waals surface area contributed by atoms with Crippen molar-refractivity contribution >= 4 is 23.4 Å². The molecule has 0 saturated heterocycles. The van der Waals surface area contributed by atoms with Gasteiger partial charge >= 0.3 is 0 Å². The van der Waals surface area contributed by atoms with Crippen molar-refractivity contribution in [3.63, 3.8) is 0 Å². The molecule has 0 saturated carbocycles. The highest BCUT2D eigenvalue weighted by molar-refractivity contribution is 7.99. The minimum Gasteiger partial charge on any atom is -0.343 e. The topological polar surface area (TPSA) is 74.8 Å². The maximum atomic E-state index is 12.9. The molecule has 0 bridgehead atoms. The van der Waals surface area contributed by atoms with Crippen LogP contribution in [0, 0.1) is 0 Å². The quantitative estimate of drug-likeness (QED) is 0.637. The summed E-state index contributed by atoms with van der Waals surface area (Å²) in [6.07, 6.45) is 2.18.